The van der Waals surface area contributed by atoms with Crippen LogP contribution < -0.4 is 15.1 Å². The lowest BCUT2D eigenvalue weighted by atomic mass is 10.1. The third-order valence-electron chi connectivity index (χ3n) is 5.10. The van der Waals surface area contributed by atoms with E-state index in [2.05, 4.69) is 10.4 Å². The summed E-state index contributed by atoms with van der Waals surface area (Å²) in [6, 6.07) is 24.6. The fourth-order valence-electron chi connectivity index (χ4n) is 3.34. The van der Waals surface area contributed by atoms with Crippen molar-refractivity contribution in [2.75, 3.05) is 5.01 Å². The minimum atomic E-state index is -1.92. The van der Waals surface area contributed by atoms with Crippen molar-refractivity contribution in [3.63, 3.8) is 0 Å². The summed E-state index contributed by atoms with van der Waals surface area (Å²) in [6.45, 7) is 1.78. The smallest absolute Gasteiger partial charge is 0.280 e. The van der Waals surface area contributed by atoms with Crippen LogP contribution >= 0.6 is 34.8 Å². The second-order valence-electron chi connectivity index (χ2n) is 7.64. The van der Waals surface area contributed by atoms with Gasteiger partial charge in [-0.1, -0.05) is 83.3 Å². The molecule has 4 rings (SSSR count). The van der Waals surface area contributed by atoms with Crippen molar-refractivity contribution in [1.29, 1.82) is 0 Å². The maximum absolute atomic E-state index is 12.9. The van der Waals surface area contributed by atoms with Crippen molar-refractivity contribution in [2.24, 2.45) is 5.10 Å². The van der Waals surface area contributed by atoms with E-state index in [1.165, 1.54) is 5.01 Å². The van der Waals surface area contributed by atoms with Crippen LogP contribution in [0.15, 0.2) is 95.6 Å². The van der Waals surface area contributed by atoms with Gasteiger partial charge in [0.05, 0.1) is 17.0 Å². The summed E-state index contributed by atoms with van der Waals surface area (Å²) in [5, 5.41) is 8.34. The molecule has 0 bridgehead atoms. The lowest BCUT2D eigenvalue weighted by Crippen LogP contribution is -2.47. The molecule has 9 heteroatoms. The molecule has 178 valence electrons. The molecule has 0 unspecified atom stereocenters. The molecular weight excluding hydrogens is 509 g/mol. The van der Waals surface area contributed by atoms with Crippen LogP contribution in [0.25, 0.3) is 6.08 Å². The predicted molar refractivity (Wildman–Crippen MR) is 140 cm³/mol. The highest BCUT2D eigenvalue weighted by atomic mass is 35.6. The number of alkyl halides is 3. The van der Waals surface area contributed by atoms with E-state index in [-0.39, 0.29) is 5.91 Å². The van der Waals surface area contributed by atoms with Crippen LogP contribution in [0.2, 0.25) is 0 Å². The number of para-hydroxylation sites is 1. The van der Waals surface area contributed by atoms with Gasteiger partial charge in [-0.25, -0.2) is 0 Å². The minimum absolute atomic E-state index is 0.214. The van der Waals surface area contributed by atoms with Gasteiger partial charge in [-0.15, -0.1) is 0 Å². The Morgan fingerprint density at radius 3 is 2.17 bits per heavy atom. The van der Waals surface area contributed by atoms with Gasteiger partial charge in [0.1, 0.15) is 5.75 Å². The topological polar surface area (TPSA) is 71.0 Å². The fourth-order valence-corrected chi connectivity index (χ4v) is 3.64. The Labute approximate surface area is 217 Å². The zero-order chi connectivity index (χ0) is 25.0. The van der Waals surface area contributed by atoms with Gasteiger partial charge < -0.3 is 10.1 Å². The highest BCUT2D eigenvalue weighted by molar-refractivity contribution is 6.68. The second kappa shape index (κ2) is 10.5. The van der Waals surface area contributed by atoms with E-state index < -0.39 is 15.9 Å². The molecule has 1 heterocycles. The Kier molecular flexibility index (Phi) is 7.45. The number of rotatable bonds is 6. The zero-order valence-electron chi connectivity index (χ0n) is 18.5. The van der Waals surface area contributed by atoms with Crippen molar-refractivity contribution < 1.29 is 14.3 Å². The largest absolute Gasteiger partial charge is 0.466 e. The number of carbonyl (C=O) groups excluding carboxylic acids is 2. The van der Waals surface area contributed by atoms with Crippen molar-refractivity contribution in [3.8, 4) is 5.75 Å². The Bertz CT molecular complexity index is 1270. The number of anilines is 1. The number of hydrogen-bond donors (Lipinski definition) is 1. The molecule has 1 aliphatic heterocycles. The van der Waals surface area contributed by atoms with E-state index in [0.717, 1.165) is 5.56 Å². The quantitative estimate of drug-likeness (QED) is 0.242. The number of hydrogen-bond acceptors (Lipinski definition) is 4. The normalized spacial score (nSPS) is 15.7. The third kappa shape index (κ3) is 6.03. The van der Waals surface area contributed by atoms with E-state index >= 15 is 0 Å². The Morgan fingerprint density at radius 2 is 1.57 bits per heavy atom. The van der Waals surface area contributed by atoms with Gasteiger partial charge in [-0.3, -0.25) is 9.59 Å². The van der Waals surface area contributed by atoms with Gasteiger partial charge in [0.2, 0.25) is 10.0 Å². The molecule has 0 aliphatic carbocycles. The van der Waals surface area contributed by atoms with Crippen LogP contribution in [0.5, 0.6) is 5.75 Å². The highest BCUT2D eigenvalue weighted by Gasteiger charge is 2.36. The molecule has 0 fully saturated rings. The number of halogens is 3. The molecule has 0 aromatic heterocycles. The lowest BCUT2D eigenvalue weighted by Gasteiger charge is -2.26. The average molecular weight is 529 g/mol. The number of carbonyl (C=O) groups is 2. The number of nitrogens with zero attached hydrogens (tertiary/aromatic N) is 2. The van der Waals surface area contributed by atoms with E-state index in [1.807, 2.05) is 30.3 Å². The third-order valence-corrected chi connectivity index (χ3v) is 5.70. The van der Waals surface area contributed by atoms with E-state index in [0.29, 0.717) is 28.3 Å². The summed E-state index contributed by atoms with van der Waals surface area (Å²) < 4.78 is 3.85. The standard InChI is InChI=1S/C26H20Cl3N3O3/c1-17-22(24(34)32(31-17)20-10-6-3-7-11-20)16-18-12-14-21(15-13-18)35-25(26(27,28)29)30-23(33)19-8-4-2-5-9-19/h2-16,25H,1H3,(H,30,33)/b22-16+/t25-/m1/s1. The predicted octanol–water partition coefficient (Wildman–Crippen LogP) is 6.00. The summed E-state index contributed by atoms with van der Waals surface area (Å²) in [4.78, 5) is 25.4. The second-order valence-corrected chi connectivity index (χ2v) is 10.0. The van der Waals surface area contributed by atoms with Crippen LogP contribution in [-0.4, -0.2) is 27.5 Å². The number of nitrogens with one attached hydrogen (secondary N) is 1. The van der Waals surface area contributed by atoms with E-state index in [9.17, 15) is 9.59 Å². The minimum Gasteiger partial charge on any atom is -0.466 e. The summed E-state index contributed by atoms with van der Waals surface area (Å²) in [7, 11) is 0. The average Bonchev–Trinajstić information content (AvgIpc) is 3.13. The monoisotopic (exact) mass is 527 g/mol. The first-order valence-corrected chi connectivity index (χ1v) is 11.7. The van der Waals surface area contributed by atoms with Crippen LogP contribution in [0.3, 0.4) is 0 Å². The summed E-state index contributed by atoms with van der Waals surface area (Å²) in [5.74, 6) is -0.291. The van der Waals surface area contributed by atoms with Gasteiger partial charge in [0.15, 0.2) is 0 Å². The zero-order valence-corrected chi connectivity index (χ0v) is 20.8. The van der Waals surface area contributed by atoms with Crippen molar-refractivity contribution in [2.45, 2.75) is 16.9 Å². The number of ether oxygens (including phenoxy) is 1. The Balaban J connectivity index is 1.48. The molecule has 0 saturated heterocycles. The summed E-state index contributed by atoms with van der Waals surface area (Å²) in [5.41, 5.74) is 2.94. The lowest BCUT2D eigenvalue weighted by molar-refractivity contribution is -0.114. The Morgan fingerprint density at radius 1 is 0.971 bits per heavy atom. The molecule has 0 saturated carbocycles. The molecule has 1 atom stereocenters. The molecule has 3 aromatic carbocycles. The molecule has 35 heavy (non-hydrogen) atoms. The highest BCUT2D eigenvalue weighted by Crippen LogP contribution is 2.32. The van der Waals surface area contributed by atoms with Gasteiger partial charge in [0.25, 0.3) is 11.8 Å². The molecule has 0 spiro atoms. The molecular formula is C26H20Cl3N3O3. The first-order valence-electron chi connectivity index (χ1n) is 10.6. The van der Waals surface area contributed by atoms with Gasteiger partial charge in [0, 0.05) is 5.56 Å². The van der Waals surface area contributed by atoms with Gasteiger partial charge in [-0.2, -0.15) is 10.1 Å². The molecule has 3 aromatic rings. The van der Waals surface area contributed by atoms with Crippen molar-refractivity contribution >= 4 is 64.1 Å². The number of hydrazone groups is 1. The van der Waals surface area contributed by atoms with Crippen LogP contribution in [0, 0.1) is 0 Å². The van der Waals surface area contributed by atoms with Gasteiger partial charge in [-0.05, 0) is 55.0 Å². The summed E-state index contributed by atoms with van der Waals surface area (Å²) in [6.07, 6.45) is 0.506. The molecule has 6 nitrogen and oxygen atoms in total. The first-order chi connectivity index (χ1) is 16.7. The maximum Gasteiger partial charge on any atom is 0.280 e. The Hall–Kier alpha value is -3.32. The summed E-state index contributed by atoms with van der Waals surface area (Å²) >= 11 is 18.1. The number of amides is 2. The van der Waals surface area contributed by atoms with E-state index in [4.69, 9.17) is 39.5 Å². The van der Waals surface area contributed by atoms with E-state index in [1.54, 1.807) is 67.6 Å². The van der Waals surface area contributed by atoms with Crippen LogP contribution in [-0.2, 0) is 4.79 Å². The SMILES string of the molecule is CC1=NN(c2ccccc2)C(=O)/C1=C/c1ccc(O[C@@H](NC(=O)c2ccccc2)C(Cl)(Cl)Cl)cc1. The van der Waals surface area contributed by atoms with Gasteiger partial charge >= 0.3 is 0 Å². The van der Waals surface area contributed by atoms with Crippen LogP contribution in [0.1, 0.15) is 22.8 Å². The fraction of sp³-hybridized carbons (Fsp3) is 0.115. The first kappa shape index (κ1) is 24.8. The maximum atomic E-state index is 12.9. The van der Waals surface area contributed by atoms with Crippen molar-refractivity contribution in [1.82, 2.24) is 5.32 Å². The van der Waals surface area contributed by atoms with Crippen molar-refractivity contribution in [3.05, 3.63) is 102 Å². The molecule has 1 N–H and O–H groups in total. The molecule has 2 amide bonds. The molecule has 1 aliphatic rings. The number of benzene rings is 3. The van der Waals surface area contributed by atoms with Crippen LogP contribution in [0.4, 0.5) is 5.69 Å². The molecule has 0 radical (unpaired) electrons.